The average molecular weight is 383 g/mol. The van der Waals surface area contributed by atoms with Gasteiger partial charge in [-0.25, -0.2) is 0 Å². The summed E-state index contributed by atoms with van der Waals surface area (Å²) in [5.41, 5.74) is 3.24. The Balaban J connectivity index is 1.80. The number of ether oxygens (including phenoxy) is 3. The van der Waals surface area contributed by atoms with Crippen LogP contribution >= 0.6 is 0 Å². The third-order valence-electron chi connectivity index (χ3n) is 5.49. The fourth-order valence-electron chi connectivity index (χ4n) is 3.76. The molecule has 4 nitrogen and oxygen atoms in total. The molecular formula is C24H30O4. The van der Waals surface area contributed by atoms with Crippen molar-refractivity contribution in [1.82, 2.24) is 0 Å². The van der Waals surface area contributed by atoms with E-state index in [2.05, 4.69) is 6.07 Å². The van der Waals surface area contributed by atoms with Crippen LogP contribution in [0, 0.1) is 5.92 Å². The summed E-state index contributed by atoms with van der Waals surface area (Å²) in [6.07, 6.45) is 7.52. The van der Waals surface area contributed by atoms with Crippen molar-refractivity contribution in [2.24, 2.45) is 5.92 Å². The summed E-state index contributed by atoms with van der Waals surface area (Å²) < 4.78 is 16.3. The standard InChI is InChI=1S/C24H30O4/c1-26-21-12-10-20(11-13-21)22-16-18(9-15-24(25)27-2)8-14-23(22)28-17-19-6-4-3-5-7-19/h8,10-14,16,19H,3-7,9,15,17H2,1-2H3. The second-order valence-electron chi connectivity index (χ2n) is 7.45. The molecule has 0 saturated heterocycles. The quantitative estimate of drug-likeness (QED) is 0.571. The Morgan fingerprint density at radius 2 is 1.75 bits per heavy atom. The van der Waals surface area contributed by atoms with E-state index in [1.165, 1.54) is 39.2 Å². The molecule has 0 spiro atoms. The highest BCUT2D eigenvalue weighted by molar-refractivity contribution is 5.73. The summed E-state index contributed by atoms with van der Waals surface area (Å²) in [4.78, 5) is 11.5. The summed E-state index contributed by atoms with van der Waals surface area (Å²) >= 11 is 0. The van der Waals surface area contributed by atoms with Crippen LogP contribution < -0.4 is 9.47 Å². The van der Waals surface area contributed by atoms with E-state index in [-0.39, 0.29) is 5.97 Å². The van der Waals surface area contributed by atoms with Crippen molar-refractivity contribution in [1.29, 1.82) is 0 Å². The van der Waals surface area contributed by atoms with Crippen molar-refractivity contribution in [3.8, 4) is 22.6 Å². The maximum atomic E-state index is 11.5. The number of carbonyl (C=O) groups is 1. The van der Waals surface area contributed by atoms with Crippen molar-refractivity contribution in [3.63, 3.8) is 0 Å². The molecule has 1 aliphatic rings. The average Bonchev–Trinajstić information content (AvgIpc) is 2.77. The second-order valence-corrected chi connectivity index (χ2v) is 7.45. The van der Waals surface area contributed by atoms with Crippen LogP contribution in [0.4, 0.5) is 0 Å². The van der Waals surface area contributed by atoms with E-state index >= 15 is 0 Å². The monoisotopic (exact) mass is 382 g/mol. The van der Waals surface area contributed by atoms with E-state index in [4.69, 9.17) is 14.2 Å². The molecule has 0 unspecified atom stereocenters. The van der Waals surface area contributed by atoms with E-state index in [9.17, 15) is 4.79 Å². The number of benzene rings is 2. The van der Waals surface area contributed by atoms with Crippen LogP contribution in [0.1, 0.15) is 44.1 Å². The van der Waals surface area contributed by atoms with Gasteiger partial charge in [0.05, 0.1) is 20.8 Å². The first kappa shape index (κ1) is 20.2. The Kier molecular flexibility index (Phi) is 7.35. The van der Waals surface area contributed by atoms with Gasteiger partial charge in [0.15, 0.2) is 0 Å². The Bertz CT molecular complexity index is 761. The molecule has 1 saturated carbocycles. The lowest BCUT2D eigenvalue weighted by Gasteiger charge is -2.22. The van der Waals surface area contributed by atoms with Crippen molar-refractivity contribution >= 4 is 5.97 Å². The lowest BCUT2D eigenvalue weighted by atomic mass is 9.90. The molecule has 150 valence electrons. The van der Waals surface area contributed by atoms with Gasteiger partial charge in [0.2, 0.25) is 0 Å². The highest BCUT2D eigenvalue weighted by atomic mass is 16.5. The molecule has 2 aromatic carbocycles. The molecule has 0 aromatic heterocycles. The zero-order valence-corrected chi connectivity index (χ0v) is 16.9. The number of hydrogen-bond donors (Lipinski definition) is 0. The van der Waals surface area contributed by atoms with Crippen molar-refractivity contribution in [3.05, 3.63) is 48.0 Å². The van der Waals surface area contributed by atoms with Crippen LogP contribution in [0.2, 0.25) is 0 Å². The van der Waals surface area contributed by atoms with Crippen LogP contribution in [-0.4, -0.2) is 26.8 Å². The smallest absolute Gasteiger partial charge is 0.305 e. The minimum Gasteiger partial charge on any atom is -0.497 e. The van der Waals surface area contributed by atoms with Gasteiger partial charge in [0.25, 0.3) is 0 Å². The van der Waals surface area contributed by atoms with E-state index in [0.717, 1.165) is 34.8 Å². The summed E-state index contributed by atoms with van der Waals surface area (Å²) in [7, 11) is 3.09. The Morgan fingerprint density at radius 3 is 2.43 bits per heavy atom. The molecule has 0 bridgehead atoms. The van der Waals surface area contributed by atoms with Gasteiger partial charge >= 0.3 is 5.97 Å². The number of rotatable bonds is 8. The van der Waals surface area contributed by atoms with Crippen LogP contribution in [0.15, 0.2) is 42.5 Å². The van der Waals surface area contributed by atoms with Gasteiger partial charge < -0.3 is 14.2 Å². The number of esters is 1. The van der Waals surface area contributed by atoms with Crippen LogP contribution in [0.5, 0.6) is 11.5 Å². The van der Waals surface area contributed by atoms with E-state index in [1.54, 1.807) is 7.11 Å². The van der Waals surface area contributed by atoms with Gasteiger partial charge in [-0.15, -0.1) is 0 Å². The molecule has 28 heavy (non-hydrogen) atoms. The second kappa shape index (κ2) is 10.2. The molecule has 4 heteroatoms. The predicted molar refractivity (Wildman–Crippen MR) is 111 cm³/mol. The van der Waals surface area contributed by atoms with Gasteiger partial charge in [-0.3, -0.25) is 4.79 Å². The first-order valence-electron chi connectivity index (χ1n) is 10.2. The highest BCUT2D eigenvalue weighted by Crippen LogP contribution is 2.34. The van der Waals surface area contributed by atoms with Crippen molar-refractivity contribution < 1.29 is 19.0 Å². The fraction of sp³-hybridized carbons (Fsp3) is 0.458. The summed E-state index contributed by atoms with van der Waals surface area (Å²) in [6.45, 7) is 0.769. The predicted octanol–water partition coefficient (Wildman–Crippen LogP) is 5.43. The number of hydrogen-bond acceptors (Lipinski definition) is 4. The summed E-state index contributed by atoms with van der Waals surface area (Å²) in [5, 5.41) is 0. The molecular weight excluding hydrogens is 352 g/mol. The Labute approximate surface area is 167 Å². The van der Waals surface area contributed by atoms with Gasteiger partial charge in [0, 0.05) is 12.0 Å². The third-order valence-corrected chi connectivity index (χ3v) is 5.49. The van der Waals surface area contributed by atoms with Gasteiger partial charge in [0.1, 0.15) is 11.5 Å². The normalized spacial score (nSPS) is 14.5. The summed E-state index contributed by atoms with van der Waals surface area (Å²) in [5.74, 6) is 2.19. The molecule has 0 radical (unpaired) electrons. The first-order valence-corrected chi connectivity index (χ1v) is 10.2. The van der Waals surface area contributed by atoms with Crippen molar-refractivity contribution in [2.75, 3.05) is 20.8 Å². The number of aryl methyl sites for hydroxylation is 1. The third kappa shape index (κ3) is 5.51. The highest BCUT2D eigenvalue weighted by Gasteiger charge is 2.16. The zero-order chi connectivity index (χ0) is 19.8. The molecule has 3 rings (SSSR count). The molecule has 0 aliphatic heterocycles. The SMILES string of the molecule is COC(=O)CCc1ccc(OCC2CCCCC2)c(-c2ccc(OC)cc2)c1. The van der Waals surface area contributed by atoms with E-state index in [0.29, 0.717) is 18.8 Å². The zero-order valence-electron chi connectivity index (χ0n) is 16.9. The molecule has 2 aromatic rings. The molecule has 0 amide bonds. The molecule has 1 fully saturated rings. The number of carbonyl (C=O) groups excluding carboxylic acids is 1. The minimum absolute atomic E-state index is 0.191. The number of methoxy groups -OCH3 is 2. The fourth-order valence-corrected chi connectivity index (χ4v) is 3.76. The maximum Gasteiger partial charge on any atom is 0.305 e. The van der Waals surface area contributed by atoms with E-state index in [1.807, 2.05) is 36.4 Å². The summed E-state index contributed by atoms with van der Waals surface area (Å²) in [6, 6.07) is 14.2. The van der Waals surface area contributed by atoms with Gasteiger partial charge in [-0.2, -0.15) is 0 Å². The van der Waals surface area contributed by atoms with E-state index < -0.39 is 0 Å². The van der Waals surface area contributed by atoms with Gasteiger partial charge in [-0.1, -0.05) is 37.5 Å². The lowest BCUT2D eigenvalue weighted by molar-refractivity contribution is -0.140. The lowest BCUT2D eigenvalue weighted by Crippen LogP contribution is -2.15. The Hall–Kier alpha value is -2.49. The molecule has 0 atom stereocenters. The first-order chi connectivity index (χ1) is 13.7. The Morgan fingerprint density at radius 1 is 1.00 bits per heavy atom. The molecule has 0 N–H and O–H groups in total. The van der Waals surface area contributed by atoms with Gasteiger partial charge in [-0.05, 0) is 60.6 Å². The topological polar surface area (TPSA) is 44.8 Å². The minimum atomic E-state index is -0.191. The maximum absolute atomic E-state index is 11.5. The largest absolute Gasteiger partial charge is 0.497 e. The molecule has 0 heterocycles. The van der Waals surface area contributed by atoms with Crippen LogP contribution in [0.25, 0.3) is 11.1 Å². The van der Waals surface area contributed by atoms with Crippen LogP contribution in [0.3, 0.4) is 0 Å². The van der Waals surface area contributed by atoms with Crippen molar-refractivity contribution in [2.45, 2.75) is 44.9 Å². The molecule has 1 aliphatic carbocycles. The van der Waals surface area contributed by atoms with Crippen LogP contribution in [-0.2, 0) is 16.0 Å².